The van der Waals surface area contributed by atoms with E-state index in [1.807, 2.05) is 11.4 Å². The van der Waals surface area contributed by atoms with E-state index in [4.69, 9.17) is 5.11 Å². The lowest BCUT2D eigenvalue weighted by molar-refractivity contribution is -0.141. The summed E-state index contributed by atoms with van der Waals surface area (Å²) in [4.78, 5) is 25.6. The van der Waals surface area contributed by atoms with Gasteiger partial charge in [0.25, 0.3) is 5.91 Å². The Hall–Kier alpha value is -1.36. The second-order valence-electron chi connectivity index (χ2n) is 4.67. The molecule has 1 heterocycles. The number of carbonyl (C=O) groups excluding carboxylic acids is 1. The molecular weight excluding hydrogens is 262 g/mol. The lowest BCUT2D eigenvalue weighted by Gasteiger charge is -2.24. The van der Waals surface area contributed by atoms with Crippen LogP contribution in [0.25, 0.3) is 0 Å². The zero-order valence-corrected chi connectivity index (χ0v) is 12.3. The molecule has 0 bridgehead atoms. The first-order valence-electron chi connectivity index (χ1n) is 6.61. The van der Waals surface area contributed by atoms with E-state index in [2.05, 4.69) is 6.92 Å². The molecule has 106 valence electrons. The molecule has 1 rings (SSSR count). The number of hydrogen-bond acceptors (Lipinski definition) is 3. The minimum Gasteiger partial charge on any atom is -0.481 e. The average Bonchev–Trinajstić information content (AvgIpc) is 2.90. The molecule has 1 aromatic rings. The van der Waals surface area contributed by atoms with Crippen molar-refractivity contribution in [3.05, 3.63) is 22.4 Å². The van der Waals surface area contributed by atoms with Crippen molar-refractivity contribution in [2.24, 2.45) is 5.92 Å². The summed E-state index contributed by atoms with van der Waals surface area (Å²) in [5.74, 6) is -1.45. The Balaban J connectivity index is 2.68. The lowest BCUT2D eigenvalue weighted by Crippen LogP contribution is -2.37. The van der Waals surface area contributed by atoms with E-state index >= 15 is 0 Å². The van der Waals surface area contributed by atoms with Gasteiger partial charge in [-0.2, -0.15) is 0 Å². The number of thiophene rings is 1. The molecule has 0 aliphatic rings. The summed E-state index contributed by atoms with van der Waals surface area (Å²) in [5.41, 5.74) is 0. The molecule has 0 radical (unpaired) electrons. The molecule has 5 heteroatoms. The van der Waals surface area contributed by atoms with Crippen LogP contribution in [0.1, 0.15) is 42.8 Å². The summed E-state index contributed by atoms with van der Waals surface area (Å²) < 4.78 is 0. The Labute approximate surface area is 118 Å². The van der Waals surface area contributed by atoms with E-state index in [0.29, 0.717) is 11.4 Å². The van der Waals surface area contributed by atoms with Gasteiger partial charge < -0.3 is 10.0 Å². The molecule has 1 unspecified atom stereocenters. The fourth-order valence-corrected chi connectivity index (χ4v) is 2.48. The van der Waals surface area contributed by atoms with Gasteiger partial charge in [0.15, 0.2) is 0 Å². The van der Waals surface area contributed by atoms with Crippen molar-refractivity contribution in [3.63, 3.8) is 0 Å². The molecule has 0 saturated carbocycles. The van der Waals surface area contributed by atoms with Crippen LogP contribution in [-0.2, 0) is 4.79 Å². The number of carbonyl (C=O) groups is 2. The molecule has 0 fully saturated rings. The second-order valence-corrected chi connectivity index (χ2v) is 5.62. The minimum atomic E-state index is -0.862. The second kappa shape index (κ2) is 7.94. The van der Waals surface area contributed by atoms with E-state index in [9.17, 15) is 9.59 Å². The molecule has 0 aliphatic carbocycles. The Morgan fingerprint density at radius 1 is 1.42 bits per heavy atom. The highest BCUT2D eigenvalue weighted by Crippen LogP contribution is 2.14. The maximum absolute atomic E-state index is 12.3. The van der Waals surface area contributed by atoms with Crippen LogP contribution in [0.5, 0.6) is 0 Å². The molecule has 0 spiro atoms. The summed E-state index contributed by atoms with van der Waals surface area (Å²) in [6.45, 7) is 4.64. The first kappa shape index (κ1) is 15.7. The summed E-state index contributed by atoms with van der Waals surface area (Å²) in [7, 11) is 0. The largest absolute Gasteiger partial charge is 0.481 e. The summed E-state index contributed by atoms with van der Waals surface area (Å²) in [5, 5.41) is 10.8. The van der Waals surface area contributed by atoms with Crippen molar-refractivity contribution in [1.29, 1.82) is 0 Å². The maximum Gasteiger partial charge on any atom is 0.308 e. The predicted molar refractivity (Wildman–Crippen MR) is 76.5 cm³/mol. The number of unbranched alkanes of at least 4 members (excludes halogenated alkanes) is 2. The number of hydrogen-bond donors (Lipinski definition) is 1. The molecule has 0 saturated heterocycles. The Bertz CT molecular complexity index is 403. The number of amides is 1. The van der Waals surface area contributed by atoms with Crippen LogP contribution in [0.4, 0.5) is 0 Å². The normalized spacial score (nSPS) is 12.1. The van der Waals surface area contributed by atoms with Crippen molar-refractivity contribution in [2.45, 2.75) is 33.1 Å². The van der Waals surface area contributed by atoms with Gasteiger partial charge in [-0.1, -0.05) is 32.8 Å². The smallest absolute Gasteiger partial charge is 0.308 e. The van der Waals surface area contributed by atoms with E-state index in [1.165, 1.54) is 11.3 Å². The Kier molecular flexibility index (Phi) is 6.56. The number of carboxylic acid groups (broad SMARTS) is 1. The molecule has 1 aromatic heterocycles. The monoisotopic (exact) mass is 283 g/mol. The standard InChI is InChI=1S/C14H21NO3S/c1-3-4-5-8-15(10-11(2)14(17)18)13(16)12-7-6-9-19-12/h6-7,9,11H,3-5,8,10H2,1-2H3,(H,17,18). The number of carboxylic acids is 1. The van der Waals surface area contributed by atoms with Crippen LogP contribution < -0.4 is 0 Å². The fraction of sp³-hybridized carbons (Fsp3) is 0.571. The molecule has 1 amide bonds. The first-order valence-corrected chi connectivity index (χ1v) is 7.49. The van der Waals surface area contributed by atoms with Crippen LogP contribution in [-0.4, -0.2) is 35.0 Å². The van der Waals surface area contributed by atoms with Crippen LogP contribution in [0.15, 0.2) is 17.5 Å². The van der Waals surface area contributed by atoms with Gasteiger partial charge in [0.05, 0.1) is 10.8 Å². The van der Waals surface area contributed by atoms with Crippen LogP contribution in [0, 0.1) is 5.92 Å². The van der Waals surface area contributed by atoms with Gasteiger partial charge in [0.2, 0.25) is 0 Å². The summed E-state index contributed by atoms with van der Waals surface area (Å²) in [6, 6.07) is 3.62. The third kappa shape index (κ3) is 5.03. The Morgan fingerprint density at radius 2 is 2.16 bits per heavy atom. The zero-order chi connectivity index (χ0) is 14.3. The van der Waals surface area contributed by atoms with Gasteiger partial charge in [-0.3, -0.25) is 9.59 Å². The van der Waals surface area contributed by atoms with E-state index < -0.39 is 11.9 Å². The van der Waals surface area contributed by atoms with E-state index in [-0.39, 0.29) is 12.5 Å². The molecule has 1 N–H and O–H groups in total. The van der Waals surface area contributed by atoms with Gasteiger partial charge in [-0.15, -0.1) is 11.3 Å². The van der Waals surface area contributed by atoms with Gasteiger partial charge in [-0.05, 0) is 17.9 Å². The van der Waals surface area contributed by atoms with Crippen LogP contribution in [0.3, 0.4) is 0 Å². The summed E-state index contributed by atoms with van der Waals surface area (Å²) >= 11 is 1.40. The van der Waals surface area contributed by atoms with Crippen molar-refractivity contribution in [3.8, 4) is 0 Å². The van der Waals surface area contributed by atoms with Crippen LogP contribution >= 0.6 is 11.3 Å². The molecule has 1 atom stereocenters. The van der Waals surface area contributed by atoms with Gasteiger partial charge in [-0.25, -0.2) is 0 Å². The average molecular weight is 283 g/mol. The zero-order valence-electron chi connectivity index (χ0n) is 11.5. The highest BCUT2D eigenvalue weighted by atomic mass is 32.1. The first-order chi connectivity index (χ1) is 9.06. The van der Waals surface area contributed by atoms with Gasteiger partial charge in [0.1, 0.15) is 0 Å². The van der Waals surface area contributed by atoms with Crippen molar-refractivity contribution < 1.29 is 14.7 Å². The van der Waals surface area contributed by atoms with Gasteiger partial charge in [0, 0.05) is 13.1 Å². The van der Waals surface area contributed by atoms with E-state index in [1.54, 1.807) is 17.9 Å². The number of rotatable bonds is 8. The topological polar surface area (TPSA) is 57.6 Å². The summed E-state index contributed by atoms with van der Waals surface area (Å²) in [6.07, 6.45) is 3.05. The highest BCUT2D eigenvalue weighted by molar-refractivity contribution is 7.12. The SMILES string of the molecule is CCCCCN(CC(C)C(=O)O)C(=O)c1cccs1. The number of nitrogens with zero attached hydrogens (tertiary/aromatic N) is 1. The Morgan fingerprint density at radius 3 is 2.68 bits per heavy atom. The molecular formula is C14H21NO3S. The highest BCUT2D eigenvalue weighted by Gasteiger charge is 2.21. The third-order valence-corrected chi connectivity index (χ3v) is 3.82. The minimum absolute atomic E-state index is 0.0563. The van der Waals surface area contributed by atoms with Crippen molar-refractivity contribution >= 4 is 23.2 Å². The molecule has 0 aliphatic heterocycles. The number of aliphatic carboxylic acids is 1. The van der Waals surface area contributed by atoms with E-state index in [0.717, 1.165) is 19.3 Å². The molecule has 19 heavy (non-hydrogen) atoms. The van der Waals surface area contributed by atoms with Crippen molar-refractivity contribution in [2.75, 3.05) is 13.1 Å². The maximum atomic E-state index is 12.3. The fourth-order valence-electron chi connectivity index (χ4n) is 1.79. The molecule has 0 aromatic carbocycles. The van der Waals surface area contributed by atoms with Crippen LogP contribution in [0.2, 0.25) is 0 Å². The predicted octanol–water partition coefficient (Wildman–Crippen LogP) is 3.10. The lowest BCUT2D eigenvalue weighted by atomic mass is 10.1. The molecule has 4 nitrogen and oxygen atoms in total. The van der Waals surface area contributed by atoms with Crippen molar-refractivity contribution in [1.82, 2.24) is 4.90 Å². The quantitative estimate of drug-likeness (QED) is 0.746. The third-order valence-electron chi connectivity index (χ3n) is 2.97. The van der Waals surface area contributed by atoms with Gasteiger partial charge >= 0.3 is 5.97 Å².